The minimum atomic E-state index is 0.239. The van der Waals surface area contributed by atoms with Crippen molar-refractivity contribution >= 4 is 17.5 Å². The van der Waals surface area contributed by atoms with E-state index in [-0.39, 0.29) is 5.78 Å². The molecule has 0 radical (unpaired) electrons. The molecule has 1 saturated heterocycles. The molecule has 1 aliphatic rings. The number of thioether (sulfide) groups is 1. The molecule has 2 rings (SSSR count). The minimum Gasteiger partial charge on any atom is -0.362 e. The molecule has 0 spiro atoms. The van der Waals surface area contributed by atoms with Crippen molar-refractivity contribution in [1.29, 1.82) is 0 Å². The number of nitrogens with one attached hydrogen (secondary N) is 1. The Morgan fingerprint density at radius 1 is 1.39 bits per heavy atom. The van der Waals surface area contributed by atoms with Crippen LogP contribution in [0.2, 0.25) is 0 Å². The molecule has 100 valence electrons. The van der Waals surface area contributed by atoms with Gasteiger partial charge in [-0.1, -0.05) is 13.8 Å². The molecule has 4 heteroatoms. The van der Waals surface area contributed by atoms with Crippen LogP contribution in [0, 0.1) is 13.8 Å². The van der Waals surface area contributed by atoms with Crippen LogP contribution in [0.25, 0.3) is 0 Å². The third kappa shape index (κ3) is 3.18. The van der Waals surface area contributed by atoms with Crippen LogP contribution in [-0.4, -0.2) is 45.8 Å². The van der Waals surface area contributed by atoms with Crippen molar-refractivity contribution in [3.8, 4) is 0 Å². The molecule has 1 aromatic rings. The number of carbonyl (C=O) groups is 1. The second-order valence-electron chi connectivity index (χ2n) is 5.37. The number of Topliss-reactive ketones (excluding diaryl/α,β-unsaturated/α-hetero) is 1. The Balaban J connectivity index is 2.01. The Hall–Kier alpha value is -0.740. The summed E-state index contributed by atoms with van der Waals surface area (Å²) in [5.41, 5.74) is 2.91. The van der Waals surface area contributed by atoms with Crippen molar-refractivity contribution in [2.24, 2.45) is 0 Å². The van der Waals surface area contributed by atoms with Gasteiger partial charge in [0.05, 0.1) is 6.54 Å². The fraction of sp³-hybridized carbons (Fsp3) is 0.643. The predicted molar refractivity (Wildman–Crippen MR) is 77.6 cm³/mol. The van der Waals surface area contributed by atoms with Crippen LogP contribution < -0.4 is 0 Å². The quantitative estimate of drug-likeness (QED) is 0.854. The molecule has 1 aromatic heterocycles. The zero-order valence-corrected chi connectivity index (χ0v) is 12.4. The topological polar surface area (TPSA) is 36.1 Å². The fourth-order valence-corrected chi connectivity index (χ4v) is 4.10. The van der Waals surface area contributed by atoms with E-state index in [4.69, 9.17) is 0 Å². The van der Waals surface area contributed by atoms with E-state index in [1.807, 2.05) is 31.7 Å². The number of aromatic amines is 1. The van der Waals surface area contributed by atoms with Gasteiger partial charge in [-0.2, -0.15) is 11.8 Å². The number of ketones is 1. The highest BCUT2D eigenvalue weighted by atomic mass is 32.2. The van der Waals surface area contributed by atoms with Crippen molar-refractivity contribution in [2.75, 3.05) is 19.6 Å². The molecule has 18 heavy (non-hydrogen) atoms. The number of hydrogen-bond donors (Lipinski definition) is 1. The summed E-state index contributed by atoms with van der Waals surface area (Å²) in [5.74, 6) is 0.239. The molecule has 1 aliphatic heterocycles. The van der Waals surface area contributed by atoms with Gasteiger partial charge in [0, 0.05) is 40.5 Å². The molecule has 2 unspecified atom stereocenters. The average molecular weight is 266 g/mol. The van der Waals surface area contributed by atoms with Gasteiger partial charge in [0.2, 0.25) is 0 Å². The summed E-state index contributed by atoms with van der Waals surface area (Å²) < 4.78 is 0. The second kappa shape index (κ2) is 5.49. The molecule has 1 fully saturated rings. The SMILES string of the molecule is Cc1cc(C(=O)CN2CC(C)SC(C)C2)c(C)[nH]1. The van der Waals surface area contributed by atoms with Gasteiger partial charge in [0.1, 0.15) is 0 Å². The van der Waals surface area contributed by atoms with Crippen LogP contribution in [0.15, 0.2) is 6.07 Å². The monoisotopic (exact) mass is 266 g/mol. The summed E-state index contributed by atoms with van der Waals surface area (Å²) in [6, 6.07) is 1.96. The number of hydrogen-bond acceptors (Lipinski definition) is 3. The van der Waals surface area contributed by atoms with Gasteiger partial charge < -0.3 is 4.98 Å². The Morgan fingerprint density at radius 3 is 2.50 bits per heavy atom. The fourth-order valence-electron chi connectivity index (χ4n) is 2.72. The molecule has 2 heterocycles. The predicted octanol–water partition coefficient (Wildman–Crippen LogP) is 2.64. The molecular formula is C14H22N2OS. The van der Waals surface area contributed by atoms with Crippen LogP contribution in [0.5, 0.6) is 0 Å². The molecule has 0 aromatic carbocycles. The molecule has 0 saturated carbocycles. The third-order valence-corrected chi connectivity index (χ3v) is 4.54. The number of nitrogens with zero attached hydrogens (tertiary/aromatic N) is 1. The van der Waals surface area contributed by atoms with Gasteiger partial charge in [-0.25, -0.2) is 0 Å². The third-order valence-electron chi connectivity index (χ3n) is 3.31. The van der Waals surface area contributed by atoms with Gasteiger partial charge >= 0.3 is 0 Å². The molecule has 0 aliphatic carbocycles. The van der Waals surface area contributed by atoms with Gasteiger partial charge in [0.15, 0.2) is 5.78 Å². The van der Waals surface area contributed by atoms with Crippen molar-refractivity contribution in [3.63, 3.8) is 0 Å². The first-order valence-electron chi connectivity index (χ1n) is 6.53. The zero-order valence-electron chi connectivity index (χ0n) is 11.6. The Kier molecular flexibility index (Phi) is 4.17. The maximum atomic E-state index is 12.3. The van der Waals surface area contributed by atoms with E-state index in [0.29, 0.717) is 17.0 Å². The van der Waals surface area contributed by atoms with E-state index in [1.54, 1.807) is 0 Å². The van der Waals surface area contributed by atoms with Crippen molar-refractivity contribution < 1.29 is 4.79 Å². The Morgan fingerprint density at radius 2 is 2.00 bits per heavy atom. The molecule has 2 atom stereocenters. The van der Waals surface area contributed by atoms with Gasteiger partial charge in [-0.15, -0.1) is 0 Å². The first-order valence-corrected chi connectivity index (χ1v) is 7.47. The highest BCUT2D eigenvalue weighted by Crippen LogP contribution is 2.24. The van der Waals surface area contributed by atoms with E-state index in [0.717, 1.165) is 30.0 Å². The highest BCUT2D eigenvalue weighted by molar-refractivity contribution is 8.00. The van der Waals surface area contributed by atoms with E-state index < -0.39 is 0 Å². The molecule has 0 amide bonds. The van der Waals surface area contributed by atoms with Crippen LogP contribution in [0.3, 0.4) is 0 Å². The van der Waals surface area contributed by atoms with Gasteiger partial charge in [-0.3, -0.25) is 9.69 Å². The number of H-pyrrole nitrogens is 1. The summed E-state index contributed by atoms with van der Waals surface area (Å²) in [6.07, 6.45) is 0. The number of aromatic nitrogens is 1. The van der Waals surface area contributed by atoms with E-state index >= 15 is 0 Å². The van der Waals surface area contributed by atoms with Crippen LogP contribution in [0.1, 0.15) is 35.6 Å². The summed E-state index contributed by atoms with van der Waals surface area (Å²) in [7, 11) is 0. The van der Waals surface area contributed by atoms with Crippen LogP contribution >= 0.6 is 11.8 Å². The smallest absolute Gasteiger partial charge is 0.178 e. The summed E-state index contributed by atoms with van der Waals surface area (Å²) in [6.45, 7) is 11.0. The first-order chi connectivity index (χ1) is 8.45. The number of rotatable bonds is 3. The lowest BCUT2D eigenvalue weighted by atomic mass is 10.1. The molecule has 0 bridgehead atoms. The van der Waals surface area contributed by atoms with E-state index in [1.165, 1.54) is 0 Å². The Bertz CT molecular complexity index is 431. The zero-order chi connectivity index (χ0) is 13.3. The molecule has 3 nitrogen and oxygen atoms in total. The minimum absolute atomic E-state index is 0.239. The lowest BCUT2D eigenvalue weighted by Crippen LogP contribution is -2.43. The highest BCUT2D eigenvalue weighted by Gasteiger charge is 2.24. The first kappa shape index (κ1) is 13.7. The maximum absolute atomic E-state index is 12.3. The standard InChI is InChI=1S/C14H22N2OS/c1-9-5-13(12(4)15-9)14(17)8-16-6-10(2)18-11(3)7-16/h5,10-11,15H,6-8H2,1-4H3. The lowest BCUT2D eigenvalue weighted by Gasteiger charge is -2.34. The summed E-state index contributed by atoms with van der Waals surface area (Å²) in [4.78, 5) is 17.8. The van der Waals surface area contributed by atoms with Gasteiger partial charge in [-0.05, 0) is 19.9 Å². The summed E-state index contributed by atoms with van der Waals surface area (Å²) in [5, 5.41) is 1.24. The van der Waals surface area contributed by atoms with Gasteiger partial charge in [0.25, 0.3) is 0 Å². The largest absolute Gasteiger partial charge is 0.362 e. The second-order valence-corrected chi connectivity index (χ2v) is 7.25. The van der Waals surface area contributed by atoms with E-state index in [9.17, 15) is 4.79 Å². The maximum Gasteiger partial charge on any atom is 0.178 e. The van der Waals surface area contributed by atoms with Crippen LogP contribution in [-0.2, 0) is 0 Å². The molecular weight excluding hydrogens is 244 g/mol. The van der Waals surface area contributed by atoms with Crippen molar-refractivity contribution in [3.05, 3.63) is 23.0 Å². The van der Waals surface area contributed by atoms with Crippen LogP contribution in [0.4, 0.5) is 0 Å². The number of aryl methyl sites for hydroxylation is 2. The number of carbonyl (C=O) groups excluding carboxylic acids is 1. The average Bonchev–Trinajstić information content (AvgIpc) is 2.56. The van der Waals surface area contributed by atoms with E-state index in [2.05, 4.69) is 23.7 Å². The van der Waals surface area contributed by atoms with Crippen molar-refractivity contribution in [1.82, 2.24) is 9.88 Å². The normalized spacial score (nSPS) is 25.3. The lowest BCUT2D eigenvalue weighted by molar-refractivity contribution is 0.0929. The Labute approximate surface area is 113 Å². The molecule has 1 N–H and O–H groups in total. The van der Waals surface area contributed by atoms with Crippen molar-refractivity contribution in [2.45, 2.75) is 38.2 Å². The summed E-state index contributed by atoms with van der Waals surface area (Å²) >= 11 is 2.02.